The zero-order chi connectivity index (χ0) is 19.0. The Labute approximate surface area is 159 Å². The molecule has 6 nitrogen and oxygen atoms in total. The second kappa shape index (κ2) is 6.83. The van der Waals surface area contributed by atoms with Crippen LogP contribution in [0.4, 0.5) is 0 Å². The second-order valence-electron chi connectivity index (χ2n) is 7.98. The number of likely N-dealkylation sites (tertiary alicyclic amines) is 2. The number of benzene rings is 1. The number of hydrogen-bond donors (Lipinski definition) is 0. The number of rotatable bonds is 2. The number of piperidine rings is 2. The molecule has 6 heteroatoms. The molecule has 0 radical (unpaired) electrons. The van der Waals surface area contributed by atoms with Crippen LogP contribution in [0.3, 0.4) is 0 Å². The van der Waals surface area contributed by atoms with E-state index in [1.165, 1.54) is 0 Å². The Hall–Kier alpha value is -2.63. The molecule has 1 atom stereocenters. The third-order valence-corrected chi connectivity index (χ3v) is 6.04. The van der Waals surface area contributed by atoms with Crippen LogP contribution in [0.5, 0.6) is 0 Å². The SMILES string of the molecule is Cc1cc(C(=O)N2CCC3(CC2)C[C@@H](c2ccccc2)C(=O)N(C)C3)no1. The van der Waals surface area contributed by atoms with Crippen molar-refractivity contribution in [3.8, 4) is 0 Å². The maximum atomic E-state index is 12.8. The number of aromatic nitrogens is 1. The lowest BCUT2D eigenvalue weighted by Crippen LogP contribution is -2.53. The minimum Gasteiger partial charge on any atom is -0.361 e. The van der Waals surface area contributed by atoms with Gasteiger partial charge in [-0.1, -0.05) is 35.5 Å². The van der Waals surface area contributed by atoms with Crippen LogP contribution >= 0.6 is 0 Å². The first-order valence-electron chi connectivity index (χ1n) is 9.50. The normalized spacial score (nSPS) is 22.3. The molecule has 0 unspecified atom stereocenters. The minimum absolute atomic E-state index is 0.0680. The predicted molar refractivity (Wildman–Crippen MR) is 100 cm³/mol. The number of carbonyl (C=O) groups excluding carboxylic acids is 2. The topological polar surface area (TPSA) is 66.7 Å². The van der Waals surface area contributed by atoms with E-state index in [2.05, 4.69) is 5.16 Å². The molecule has 3 heterocycles. The number of hydrogen-bond acceptors (Lipinski definition) is 4. The van der Waals surface area contributed by atoms with Gasteiger partial charge in [-0.3, -0.25) is 9.59 Å². The summed E-state index contributed by atoms with van der Waals surface area (Å²) < 4.78 is 5.03. The summed E-state index contributed by atoms with van der Waals surface area (Å²) in [6, 6.07) is 11.7. The van der Waals surface area contributed by atoms with E-state index in [4.69, 9.17) is 4.52 Å². The number of amides is 2. The van der Waals surface area contributed by atoms with Gasteiger partial charge in [0.2, 0.25) is 5.91 Å². The fourth-order valence-corrected chi connectivity index (χ4v) is 4.55. The van der Waals surface area contributed by atoms with Gasteiger partial charge in [0.05, 0.1) is 5.92 Å². The molecule has 2 aliphatic rings. The van der Waals surface area contributed by atoms with Gasteiger partial charge in [-0.05, 0) is 37.2 Å². The van der Waals surface area contributed by atoms with Gasteiger partial charge in [0.25, 0.3) is 5.91 Å². The molecule has 2 saturated heterocycles. The van der Waals surface area contributed by atoms with Gasteiger partial charge >= 0.3 is 0 Å². The lowest BCUT2D eigenvalue weighted by atomic mass is 9.67. The highest BCUT2D eigenvalue weighted by Gasteiger charge is 2.45. The number of aryl methyl sites for hydroxylation is 1. The first-order chi connectivity index (χ1) is 13.0. The van der Waals surface area contributed by atoms with E-state index >= 15 is 0 Å². The number of likely N-dealkylation sites (N-methyl/N-ethyl adjacent to an activating group) is 1. The molecule has 0 bridgehead atoms. The van der Waals surface area contributed by atoms with Crippen LogP contribution in [0.15, 0.2) is 40.9 Å². The zero-order valence-electron chi connectivity index (χ0n) is 15.9. The van der Waals surface area contributed by atoms with E-state index in [0.717, 1.165) is 31.4 Å². The highest BCUT2D eigenvalue weighted by atomic mass is 16.5. The summed E-state index contributed by atoms with van der Waals surface area (Å²) in [7, 11) is 1.90. The van der Waals surface area contributed by atoms with E-state index in [0.29, 0.717) is 24.5 Å². The molecule has 142 valence electrons. The van der Waals surface area contributed by atoms with Gasteiger partial charge in [-0.25, -0.2) is 0 Å². The van der Waals surface area contributed by atoms with Crippen molar-refractivity contribution in [2.24, 2.45) is 5.41 Å². The summed E-state index contributed by atoms with van der Waals surface area (Å²) in [5.41, 5.74) is 1.53. The Kier molecular flexibility index (Phi) is 4.50. The fourth-order valence-electron chi connectivity index (χ4n) is 4.55. The molecule has 27 heavy (non-hydrogen) atoms. The van der Waals surface area contributed by atoms with Gasteiger partial charge in [0.1, 0.15) is 5.76 Å². The first-order valence-corrected chi connectivity index (χ1v) is 9.50. The lowest BCUT2D eigenvalue weighted by Gasteiger charge is -2.49. The monoisotopic (exact) mass is 367 g/mol. The number of carbonyl (C=O) groups is 2. The Morgan fingerprint density at radius 2 is 1.93 bits per heavy atom. The average molecular weight is 367 g/mol. The predicted octanol–water partition coefficient (Wildman–Crippen LogP) is 2.85. The molecule has 1 aromatic heterocycles. The molecular weight excluding hydrogens is 342 g/mol. The van der Waals surface area contributed by atoms with Gasteiger partial charge in [-0.15, -0.1) is 0 Å². The van der Waals surface area contributed by atoms with Crippen LogP contribution in [0.1, 0.15) is 47.0 Å². The van der Waals surface area contributed by atoms with Crippen molar-refractivity contribution >= 4 is 11.8 Å². The van der Waals surface area contributed by atoms with Crippen molar-refractivity contribution in [3.63, 3.8) is 0 Å². The summed E-state index contributed by atoms with van der Waals surface area (Å²) in [5.74, 6) is 0.681. The molecule has 0 N–H and O–H groups in total. The van der Waals surface area contributed by atoms with Crippen LogP contribution in [0.25, 0.3) is 0 Å². The largest absolute Gasteiger partial charge is 0.361 e. The van der Waals surface area contributed by atoms with E-state index in [1.807, 2.05) is 47.2 Å². The van der Waals surface area contributed by atoms with Crippen LogP contribution in [0, 0.1) is 12.3 Å². The Bertz CT molecular complexity index is 837. The molecule has 1 spiro atoms. The lowest BCUT2D eigenvalue weighted by molar-refractivity contribution is -0.139. The smallest absolute Gasteiger partial charge is 0.276 e. The summed E-state index contributed by atoms with van der Waals surface area (Å²) >= 11 is 0. The van der Waals surface area contributed by atoms with Gasteiger partial charge in [0.15, 0.2) is 5.69 Å². The Morgan fingerprint density at radius 1 is 1.22 bits per heavy atom. The third-order valence-electron chi connectivity index (χ3n) is 6.04. The average Bonchev–Trinajstić information content (AvgIpc) is 3.12. The molecule has 2 fully saturated rings. The van der Waals surface area contributed by atoms with E-state index in [-0.39, 0.29) is 23.1 Å². The minimum atomic E-state index is -0.0922. The summed E-state index contributed by atoms with van der Waals surface area (Å²) in [5, 5.41) is 3.85. The van der Waals surface area contributed by atoms with Crippen LogP contribution in [-0.2, 0) is 4.79 Å². The van der Waals surface area contributed by atoms with Crippen LogP contribution in [-0.4, -0.2) is 53.5 Å². The molecule has 0 saturated carbocycles. The highest BCUT2D eigenvalue weighted by molar-refractivity contribution is 5.92. The van der Waals surface area contributed by atoms with Gasteiger partial charge in [0, 0.05) is 32.7 Å². The number of nitrogens with zero attached hydrogens (tertiary/aromatic N) is 3. The van der Waals surface area contributed by atoms with Crippen LogP contribution in [0.2, 0.25) is 0 Å². The molecule has 2 aliphatic heterocycles. The van der Waals surface area contributed by atoms with E-state index < -0.39 is 0 Å². The van der Waals surface area contributed by atoms with Crippen molar-refractivity contribution in [2.75, 3.05) is 26.7 Å². The first kappa shape index (κ1) is 17.8. The molecular formula is C21H25N3O3. The van der Waals surface area contributed by atoms with E-state index in [1.54, 1.807) is 13.0 Å². The summed E-state index contributed by atoms with van der Waals surface area (Å²) in [4.78, 5) is 29.1. The fraction of sp³-hybridized carbons (Fsp3) is 0.476. The summed E-state index contributed by atoms with van der Waals surface area (Å²) in [6.07, 6.45) is 2.65. The Morgan fingerprint density at radius 3 is 2.56 bits per heavy atom. The second-order valence-corrected chi connectivity index (χ2v) is 7.98. The molecule has 4 rings (SSSR count). The quantitative estimate of drug-likeness (QED) is 0.819. The van der Waals surface area contributed by atoms with Crippen molar-refractivity contribution in [3.05, 3.63) is 53.4 Å². The molecule has 2 amide bonds. The van der Waals surface area contributed by atoms with Crippen molar-refractivity contribution < 1.29 is 14.1 Å². The van der Waals surface area contributed by atoms with Crippen molar-refractivity contribution in [1.82, 2.24) is 15.0 Å². The molecule has 0 aliphatic carbocycles. The van der Waals surface area contributed by atoms with E-state index in [9.17, 15) is 9.59 Å². The van der Waals surface area contributed by atoms with Crippen molar-refractivity contribution in [1.29, 1.82) is 0 Å². The molecule has 2 aromatic rings. The van der Waals surface area contributed by atoms with Gasteiger partial charge < -0.3 is 14.3 Å². The van der Waals surface area contributed by atoms with Crippen LogP contribution < -0.4 is 0 Å². The highest BCUT2D eigenvalue weighted by Crippen LogP contribution is 2.45. The zero-order valence-corrected chi connectivity index (χ0v) is 15.9. The van der Waals surface area contributed by atoms with Crippen molar-refractivity contribution in [2.45, 2.75) is 32.1 Å². The standard InChI is InChI=1S/C21H25N3O3/c1-15-12-18(22-27-15)20(26)24-10-8-21(9-11-24)13-17(19(25)23(2)14-21)16-6-4-3-5-7-16/h3-7,12,17H,8-11,13-14H2,1-2H3/t17-/m0/s1. The third kappa shape index (κ3) is 3.36. The summed E-state index contributed by atoms with van der Waals surface area (Å²) in [6.45, 7) is 3.93. The molecule has 1 aromatic carbocycles. The maximum Gasteiger partial charge on any atom is 0.276 e. The Balaban J connectivity index is 1.48. The van der Waals surface area contributed by atoms with Gasteiger partial charge in [-0.2, -0.15) is 0 Å². The maximum absolute atomic E-state index is 12.8.